The fraction of sp³-hybridized carbons (Fsp3) is 0.0909. The Morgan fingerprint density at radius 3 is 2.50 bits per heavy atom. The van der Waals surface area contributed by atoms with Crippen molar-refractivity contribution in [1.29, 1.82) is 0 Å². The van der Waals surface area contributed by atoms with Gasteiger partial charge in [0.05, 0.1) is 0 Å². The van der Waals surface area contributed by atoms with Crippen LogP contribution in [0.1, 0.15) is 21.5 Å². The molecule has 0 aliphatic rings. The van der Waals surface area contributed by atoms with Gasteiger partial charge in [-0.1, -0.05) is 35.9 Å². The number of carbonyl (C=O) groups is 1. The summed E-state index contributed by atoms with van der Waals surface area (Å²) >= 11 is 0. The summed E-state index contributed by atoms with van der Waals surface area (Å²) in [5.41, 5.74) is 5.89. The highest BCUT2D eigenvalue weighted by atomic mass is 16.3. The summed E-state index contributed by atoms with van der Waals surface area (Å²) in [7, 11) is 0. The van der Waals surface area contributed by atoms with Crippen LogP contribution in [-0.4, -0.2) is 10.9 Å². The lowest BCUT2D eigenvalue weighted by Gasteiger charge is -2.05. The number of aromatic nitrogens is 1. The summed E-state index contributed by atoms with van der Waals surface area (Å²) < 4.78 is 5.92. The van der Waals surface area contributed by atoms with Gasteiger partial charge in [0, 0.05) is 22.9 Å². The molecule has 26 heavy (non-hydrogen) atoms. The number of nitrogens with zero attached hydrogens (tertiary/aromatic N) is 1. The Labute approximate surface area is 151 Å². The van der Waals surface area contributed by atoms with Crippen molar-refractivity contribution in [3.8, 4) is 11.5 Å². The Hall–Kier alpha value is -3.40. The van der Waals surface area contributed by atoms with Crippen LogP contribution in [-0.2, 0) is 0 Å². The second kappa shape index (κ2) is 6.48. The Morgan fingerprint density at radius 1 is 0.962 bits per heavy atom. The predicted octanol–water partition coefficient (Wildman–Crippen LogP) is 5.36. The van der Waals surface area contributed by atoms with E-state index in [1.807, 2.05) is 74.5 Å². The number of amides is 1. The predicted molar refractivity (Wildman–Crippen MR) is 103 cm³/mol. The topological polar surface area (TPSA) is 55.1 Å². The normalized spacial score (nSPS) is 10.8. The second-order valence-electron chi connectivity index (χ2n) is 6.34. The smallest absolute Gasteiger partial charge is 0.255 e. The Kier molecular flexibility index (Phi) is 4.01. The van der Waals surface area contributed by atoms with Gasteiger partial charge in [-0.25, -0.2) is 4.98 Å². The molecule has 0 saturated heterocycles. The molecule has 128 valence electrons. The lowest BCUT2D eigenvalue weighted by Crippen LogP contribution is -2.11. The Bertz CT molecular complexity index is 1090. The molecule has 4 nitrogen and oxygen atoms in total. The molecule has 4 aromatic rings. The van der Waals surface area contributed by atoms with Gasteiger partial charge in [0.2, 0.25) is 5.89 Å². The van der Waals surface area contributed by atoms with E-state index in [-0.39, 0.29) is 5.91 Å². The minimum Gasteiger partial charge on any atom is -0.436 e. The summed E-state index contributed by atoms with van der Waals surface area (Å²) in [6, 6.07) is 20.9. The molecular weight excluding hydrogens is 324 g/mol. The maximum atomic E-state index is 12.4. The summed E-state index contributed by atoms with van der Waals surface area (Å²) in [6.07, 6.45) is 0. The SMILES string of the molecule is Cc1ccc(C(=O)Nc2ccc3nc(-c4ccccc4C)oc3c2)cc1. The van der Waals surface area contributed by atoms with Gasteiger partial charge >= 0.3 is 0 Å². The lowest BCUT2D eigenvalue weighted by molar-refractivity contribution is 0.102. The van der Waals surface area contributed by atoms with Gasteiger partial charge < -0.3 is 9.73 Å². The van der Waals surface area contributed by atoms with Crippen LogP contribution in [0.25, 0.3) is 22.6 Å². The number of hydrogen-bond acceptors (Lipinski definition) is 3. The molecule has 1 N–H and O–H groups in total. The van der Waals surface area contributed by atoms with Crippen molar-refractivity contribution in [3.63, 3.8) is 0 Å². The fourth-order valence-electron chi connectivity index (χ4n) is 2.84. The van der Waals surface area contributed by atoms with E-state index in [1.165, 1.54) is 0 Å². The molecular formula is C22H18N2O2. The van der Waals surface area contributed by atoms with E-state index >= 15 is 0 Å². The van der Waals surface area contributed by atoms with Crippen molar-refractivity contribution in [3.05, 3.63) is 83.4 Å². The van der Waals surface area contributed by atoms with Crippen LogP contribution >= 0.6 is 0 Å². The number of benzene rings is 3. The van der Waals surface area contributed by atoms with Crippen LogP contribution in [0.3, 0.4) is 0 Å². The largest absolute Gasteiger partial charge is 0.436 e. The maximum absolute atomic E-state index is 12.4. The zero-order valence-corrected chi connectivity index (χ0v) is 14.6. The molecule has 1 heterocycles. The molecule has 1 aromatic heterocycles. The van der Waals surface area contributed by atoms with E-state index < -0.39 is 0 Å². The number of hydrogen-bond donors (Lipinski definition) is 1. The highest BCUT2D eigenvalue weighted by molar-refractivity contribution is 6.04. The van der Waals surface area contributed by atoms with Gasteiger partial charge in [0.1, 0.15) is 5.52 Å². The minimum absolute atomic E-state index is 0.150. The van der Waals surface area contributed by atoms with Crippen LogP contribution in [0.4, 0.5) is 5.69 Å². The average molecular weight is 342 g/mol. The van der Waals surface area contributed by atoms with Crippen LogP contribution in [0.2, 0.25) is 0 Å². The van der Waals surface area contributed by atoms with Gasteiger partial charge in [-0.15, -0.1) is 0 Å². The van der Waals surface area contributed by atoms with E-state index in [0.717, 1.165) is 22.2 Å². The Balaban J connectivity index is 1.62. The molecule has 0 unspecified atom stereocenters. The van der Waals surface area contributed by atoms with Gasteiger partial charge in [0.25, 0.3) is 5.91 Å². The first kappa shape index (κ1) is 16.1. The quantitative estimate of drug-likeness (QED) is 0.545. The molecule has 0 aliphatic heterocycles. The van der Waals surface area contributed by atoms with Crippen molar-refractivity contribution < 1.29 is 9.21 Å². The molecule has 3 aromatic carbocycles. The van der Waals surface area contributed by atoms with E-state index in [9.17, 15) is 4.79 Å². The molecule has 1 amide bonds. The molecule has 0 saturated carbocycles. The van der Waals surface area contributed by atoms with Crippen molar-refractivity contribution in [2.24, 2.45) is 0 Å². The fourth-order valence-corrected chi connectivity index (χ4v) is 2.84. The van der Waals surface area contributed by atoms with Crippen molar-refractivity contribution in [1.82, 2.24) is 4.98 Å². The first-order valence-electron chi connectivity index (χ1n) is 8.45. The summed E-state index contributed by atoms with van der Waals surface area (Å²) in [6.45, 7) is 4.02. The Morgan fingerprint density at radius 2 is 1.73 bits per heavy atom. The van der Waals surface area contributed by atoms with Gasteiger partial charge in [-0.05, 0) is 49.7 Å². The molecule has 0 aliphatic carbocycles. The minimum atomic E-state index is -0.150. The third-order valence-electron chi connectivity index (χ3n) is 4.34. The van der Waals surface area contributed by atoms with Crippen molar-refractivity contribution >= 4 is 22.7 Å². The third kappa shape index (κ3) is 3.09. The van der Waals surface area contributed by atoms with E-state index in [1.54, 1.807) is 6.07 Å². The monoisotopic (exact) mass is 342 g/mol. The number of rotatable bonds is 3. The van der Waals surface area contributed by atoms with Crippen molar-refractivity contribution in [2.75, 3.05) is 5.32 Å². The van der Waals surface area contributed by atoms with Crippen LogP contribution in [0.5, 0.6) is 0 Å². The highest BCUT2D eigenvalue weighted by Gasteiger charge is 2.12. The molecule has 4 heteroatoms. The average Bonchev–Trinajstić information content (AvgIpc) is 3.05. The van der Waals surface area contributed by atoms with Gasteiger partial charge in [-0.3, -0.25) is 4.79 Å². The number of anilines is 1. The number of nitrogens with one attached hydrogen (secondary N) is 1. The molecule has 0 radical (unpaired) electrons. The molecule has 0 fully saturated rings. The zero-order chi connectivity index (χ0) is 18.1. The maximum Gasteiger partial charge on any atom is 0.255 e. The lowest BCUT2D eigenvalue weighted by atomic mass is 10.1. The number of aryl methyl sites for hydroxylation is 2. The third-order valence-corrected chi connectivity index (χ3v) is 4.34. The molecule has 4 rings (SSSR count). The second-order valence-corrected chi connectivity index (χ2v) is 6.34. The van der Waals surface area contributed by atoms with Crippen LogP contribution in [0, 0.1) is 13.8 Å². The molecule has 0 atom stereocenters. The van der Waals surface area contributed by atoms with Crippen molar-refractivity contribution in [2.45, 2.75) is 13.8 Å². The molecule has 0 spiro atoms. The van der Waals surface area contributed by atoms with Crippen LogP contribution in [0.15, 0.2) is 71.1 Å². The first-order valence-corrected chi connectivity index (χ1v) is 8.45. The van der Waals surface area contributed by atoms with Gasteiger partial charge in [-0.2, -0.15) is 0 Å². The number of carbonyl (C=O) groups excluding carboxylic acids is 1. The standard InChI is InChI=1S/C22H18N2O2/c1-14-7-9-16(10-8-14)21(25)23-17-11-12-19-20(13-17)26-22(24-19)18-6-4-3-5-15(18)2/h3-13H,1-2H3,(H,23,25). The van der Waals surface area contributed by atoms with E-state index in [4.69, 9.17) is 4.42 Å². The molecule has 0 bridgehead atoms. The summed E-state index contributed by atoms with van der Waals surface area (Å²) in [5.74, 6) is 0.433. The zero-order valence-electron chi connectivity index (χ0n) is 14.6. The van der Waals surface area contributed by atoms with Crippen LogP contribution < -0.4 is 5.32 Å². The summed E-state index contributed by atoms with van der Waals surface area (Å²) in [5, 5.41) is 2.90. The van der Waals surface area contributed by atoms with E-state index in [0.29, 0.717) is 22.7 Å². The number of fused-ring (bicyclic) bond motifs is 1. The highest BCUT2D eigenvalue weighted by Crippen LogP contribution is 2.28. The van der Waals surface area contributed by atoms with E-state index in [2.05, 4.69) is 10.3 Å². The van der Waals surface area contributed by atoms with Gasteiger partial charge in [0.15, 0.2) is 5.58 Å². The first-order chi connectivity index (χ1) is 12.6. The summed E-state index contributed by atoms with van der Waals surface area (Å²) in [4.78, 5) is 16.9. The number of oxazole rings is 1.